The van der Waals surface area contributed by atoms with Crippen molar-refractivity contribution in [3.8, 4) is 0 Å². The van der Waals surface area contributed by atoms with Gasteiger partial charge in [0.2, 0.25) is 0 Å². The molecule has 0 aromatic carbocycles. The maximum absolute atomic E-state index is 12.8. The van der Waals surface area contributed by atoms with Gasteiger partial charge in [-0.15, -0.1) is 0 Å². The molecule has 2 saturated carbocycles. The van der Waals surface area contributed by atoms with Crippen molar-refractivity contribution >= 4 is 17.9 Å². The van der Waals surface area contributed by atoms with Gasteiger partial charge < -0.3 is 18.9 Å². The van der Waals surface area contributed by atoms with Gasteiger partial charge in [-0.1, -0.05) is 36.3 Å². The van der Waals surface area contributed by atoms with Crippen molar-refractivity contribution in [1.29, 1.82) is 0 Å². The minimum absolute atomic E-state index is 0.154. The second kappa shape index (κ2) is 8.77. The average molecular weight is 483 g/mol. The number of hydrogen-bond donors (Lipinski definition) is 0. The molecule has 5 rings (SSSR count). The van der Waals surface area contributed by atoms with Gasteiger partial charge in [0, 0.05) is 35.5 Å². The fraction of sp³-hybridized carbons (Fsp3) is 0.607. The second-order valence-corrected chi connectivity index (χ2v) is 11.0. The van der Waals surface area contributed by atoms with Crippen LogP contribution in [0.5, 0.6) is 0 Å². The Hall–Kier alpha value is -2.67. The summed E-state index contributed by atoms with van der Waals surface area (Å²) < 4.78 is 23.4. The average Bonchev–Trinajstić information content (AvgIpc) is 3.58. The fourth-order valence-electron chi connectivity index (χ4n) is 7.28. The molecule has 2 bridgehead atoms. The molecular formula is C28H34O7. The smallest absolute Gasteiger partial charge is 0.331 e. The summed E-state index contributed by atoms with van der Waals surface area (Å²) in [6.45, 7) is 7.23. The van der Waals surface area contributed by atoms with Gasteiger partial charge in [-0.05, 0) is 51.4 Å². The fourth-order valence-corrected chi connectivity index (χ4v) is 7.28. The zero-order valence-electron chi connectivity index (χ0n) is 20.7. The molecule has 2 aliphatic heterocycles. The Morgan fingerprint density at radius 1 is 0.886 bits per heavy atom. The highest BCUT2D eigenvalue weighted by atomic mass is 16.6. The van der Waals surface area contributed by atoms with Crippen molar-refractivity contribution in [3.05, 3.63) is 47.6 Å². The molecule has 0 radical (unpaired) electrons. The molecule has 6 atom stereocenters. The lowest BCUT2D eigenvalue weighted by molar-refractivity contribution is -0.188. The highest BCUT2D eigenvalue weighted by Crippen LogP contribution is 2.75. The third-order valence-electron chi connectivity index (χ3n) is 9.28. The lowest BCUT2D eigenvalue weighted by atomic mass is 9.45. The summed E-state index contributed by atoms with van der Waals surface area (Å²) in [7, 11) is 0. The summed E-state index contributed by atoms with van der Waals surface area (Å²) in [4.78, 5) is 37.5. The van der Waals surface area contributed by atoms with Crippen LogP contribution in [0.25, 0.3) is 0 Å². The van der Waals surface area contributed by atoms with E-state index in [0.717, 1.165) is 31.3 Å². The van der Waals surface area contributed by atoms with Crippen LogP contribution in [-0.2, 0) is 33.3 Å². The SMILES string of the molecule is CC1=C[C@H]2C[C@@H]3C[C@H]4OC(=O)/C=C\C=C\C(=O)OCC/C(C)=C/C(=O)OC[C@@]2(CC1)[C@]4(C)[C@]31CO1. The third kappa shape index (κ3) is 3.88. The number of epoxide rings is 1. The van der Waals surface area contributed by atoms with E-state index in [0.29, 0.717) is 13.0 Å². The number of hydrogen-bond acceptors (Lipinski definition) is 7. The van der Waals surface area contributed by atoms with Gasteiger partial charge >= 0.3 is 17.9 Å². The van der Waals surface area contributed by atoms with Crippen LogP contribution in [0.3, 0.4) is 0 Å². The maximum atomic E-state index is 12.8. The van der Waals surface area contributed by atoms with Crippen LogP contribution in [0.4, 0.5) is 0 Å². The van der Waals surface area contributed by atoms with Crippen molar-refractivity contribution in [3.63, 3.8) is 0 Å². The van der Waals surface area contributed by atoms with Gasteiger partial charge in [0.1, 0.15) is 11.7 Å². The van der Waals surface area contributed by atoms with Crippen molar-refractivity contribution in [1.82, 2.24) is 0 Å². The molecular weight excluding hydrogens is 448 g/mol. The summed E-state index contributed by atoms with van der Waals surface area (Å²) >= 11 is 0. The van der Waals surface area contributed by atoms with Gasteiger partial charge in [-0.3, -0.25) is 0 Å². The van der Waals surface area contributed by atoms with Gasteiger partial charge in [0.15, 0.2) is 0 Å². The van der Waals surface area contributed by atoms with Crippen LogP contribution in [-0.4, -0.2) is 49.4 Å². The lowest BCUT2D eigenvalue weighted by Crippen LogP contribution is -2.63. The van der Waals surface area contributed by atoms with Crippen LogP contribution in [0, 0.1) is 22.7 Å². The Bertz CT molecular complexity index is 1050. The number of allylic oxidation sites excluding steroid dienone is 4. The quantitative estimate of drug-likeness (QED) is 0.223. The molecule has 7 heteroatoms. The molecule has 188 valence electrons. The number of carbonyl (C=O) groups excluding carboxylic acids is 3. The highest BCUT2D eigenvalue weighted by Gasteiger charge is 2.81. The Labute approximate surface area is 206 Å². The molecule has 0 unspecified atom stereocenters. The Morgan fingerprint density at radius 3 is 2.37 bits per heavy atom. The van der Waals surface area contributed by atoms with Gasteiger partial charge in [-0.25, -0.2) is 14.4 Å². The number of ether oxygens (including phenoxy) is 4. The molecule has 35 heavy (non-hydrogen) atoms. The van der Waals surface area contributed by atoms with Crippen LogP contribution < -0.4 is 0 Å². The standard InChI is InChI=1S/C28H34O7/c1-18-8-10-27-16-33-25(31)13-19(2)9-11-32-23(29)6-4-5-7-24(30)35-22-15-21(14-20(27)12-18)28(17-34-28)26(22,27)3/h4-7,12-13,20-22H,8-11,14-17H2,1-3H3/b6-4+,7-5-,19-13+/t20-,21+,22+,26+,27+,28-/m0/s1. The molecule has 0 aromatic rings. The monoisotopic (exact) mass is 482 g/mol. The number of cyclic esters (lactones) is 2. The van der Waals surface area contributed by atoms with E-state index in [1.165, 1.54) is 36.0 Å². The molecule has 0 amide bonds. The molecule has 0 aromatic heterocycles. The summed E-state index contributed by atoms with van der Waals surface area (Å²) in [6.07, 6.45) is 12.9. The van der Waals surface area contributed by atoms with Crippen molar-refractivity contribution in [2.24, 2.45) is 22.7 Å². The largest absolute Gasteiger partial charge is 0.462 e. The van der Waals surface area contributed by atoms with Gasteiger partial charge in [-0.2, -0.15) is 0 Å². The predicted molar refractivity (Wildman–Crippen MR) is 127 cm³/mol. The molecule has 3 aliphatic carbocycles. The topological polar surface area (TPSA) is 91.4 Å². The lowest BCUT2D eigenvalue weighted by Gasteiger charge is -2.59. The minimum Gasteiger partial charge on any atom is -0.462 e. The number of carbonyl (C=O) groups is 3. The summed E-state index contributed by atoms with van der Waals surface area (Å²) in [5.74, 6) is -0.857. The van der Waals surface area contributed by atoms with Crippen LogP contribution >= 0.6 is 0 Å². The van der Waals surface area contributed by atoms with Crippen LogP contribution in [0.1, 0.15) is 52.9 Å². The number of rotatable bonds is 0. The normalized spacial score (nSPS) is 44.9. The van der Waals surface area contributed by atoms with E-state index in [2.05, 4.69) is 19.9 Å². The van der Waals surface area contributed by atoms with E-state index in [1.54, 1.807) is 0 Å². The van der Waals surface area contributed by atoms with E-state index >= 15 is 0 Å². The van der Waals surface area contributed by atoms with E-state index in [1.807, 2.05) is 6.92 Å². The molecule has 0 N–H and O–H groups in total. The third-order valence-corrected chi connectivity index (χ3v) is 9.28. The first-order valence-electron chi connectivity index (χ1n) is 12.6. The van der Waals surface area contributed by atoms with E-state index in [4.69, 9.17) is 18.9 Å². The van der Waals surface area contributed by atoms with Crippen LogP contribution in [0.15, 0.2) is 47.6 Å². The summed E-state index contributed by atoms with van der Waals surface area (Å²) in [5, 5.41) is 0. The van der Waals surface area contributed by atoms with Crippen LogP contribution in [0.2, 0.25) is 0 Å². The van der Waals surface area contributed by atoms with E-state index in [9.17, 15) is 14.4 Å². The Balaban J connectivity index is 1.53. The minimum atomic E-state index is -0.516. The molecule has 2 spiro atoms. The molecule has 1 saturated heterocycles. The second-order valence-electron chi connectivity index (χ2n) is 11.0. The van der Waals surface area contributed by atoms with Gasteiger partial charge in [0.05, 0.1) is 19.8 Å². The van der Waals surface area contributed by atoms with E-state index < -0.39 is 23.3 Å². The Morgan fingerprint density at radius 2 is 1.63 bits per heavy atom. The molecule has 2 heterocycles. The zero-order valence-corrected chi connectivity index (χ0v) is 20.7. The number of esters is 3. The van der Waals surface area contributed by atoms with Gasteiger partial charge in [0.25, 0.3) is 0 Å². The van der Waals surface area contributed by atoms with Crippen molar-refractivity contribution < 1.29 is 33.3 Å². The maximum Gasteiger partial charge on any atom is 0.331 e. The predicted octanol–water partition coefficient (Wildman–Crippen LogP) is 3.99. The molecule has 7 nitrogen and oxygen atoms in total. The zero-order chi connectivity index (χ0) is 24.8. The van der Waals surface area contributed by atoms with Crippen molar-refractivity contribution in [2.45, 2.75) is 64.6 Å². The molecule has 5 aliphatic rings. The van der Waals surface area contributed by atoms with Crippen molar-refractivity contribution in [2.75, 3.05) is 19.8 Å². The molecule has 3 fully saturated rings. The first-order chi connectivity index (χ1) is 16.7. The van der Waals surface area contributed by atoms with E-state index in [-0.39, 0.29) is 42.2 Å². The summed E-state index contributed by atoms with van der Waals surface area (Å²) in [5.41, 5.74) is 0.919. The highest BCUT2D eigenvalue weighted by molar-refractivity contribution is 5.85. The summed E-state index contributed by atoms with van der Waals surface area (Å²) in [6, 6.07) is 0. The Kier molecular flexibility index (Phi) is 6.02. The first-order valence-corrected chi connectivity index (χ1v) is 12.6. The first kappa shape index (κ1) is 24.0.